The first-order valence-electron chi connectivity index (χ1n) is 7.56. The fourth-order valence-electron chi connectivity index (χ4n) is 2.67. The Morgan fingerprint density at radius 1 is 1.40 bits per heavy atom. The Kier molecular flexibility index (Phi) is 4.40. The molecule has 20 heavy (non-hydrogen) atoms. The van der Waals surface area contributed by atoms with Gasteiger partial charge >= 0.3 is 0 Å². The predicted octanol–water partition coefficient (Wildman–Crippen LogP) is 3.36. The Bertz CT molecular complexity index is 531. The predicted molar refractivity (Wildman–Crippen MR) is 85.0 cm³/mol. The van der Waals surface area contributed by atoms with E-state index in [0.29, 0.717) is 6.04 Å². The average molecular weight is 271 g/mol. The van der Waals surface area contributed by atoms with Gasteiger partial charge in [0.2, 0.25) is 0 Å². The van der Waals surface area contributed by atoms with Gasteiger partial charge in [0, 0.05) is 23.8 Å². The molecule has 2 rings (SSSR count). The number of aliphatic hydroxyl groups is 1. The van der Waals surface area contributed by atoms with Gasteiger partial charge in [0.25, 0.3) is 0 Å². The lowest BCUT2D eigenvalue weighted by atomic mass is 9.94. The van der Waals surface area contributed by atoms with Crippen LogP contribution in [-0.4, -0.2) is 23.3 Å². The minimum Gasteiger partial charge on any atom is -0.378 e. The third kappa shape index (κ3) is 3.35. The van der Waals surface area contributed by atoms with Crippen molar-refractivity contribution in [3.8, 4) is 11.8 Å². The van der Waals surface area contributed by atoms with Gasteiger partial charge in [-0.25, -0.2) is 0 Å². The van der Waals surface area contributed by atoms with Crippen LogP contribution >= 0.6 is 0 Å². The van der Waals surface area contributed by atoms with E-state index in [2.05, 4.69) is 48.8 Å². The lowest BCUT2D eigenvalue weighted by Gasteiger charge is -2.36. The zero-order valence-corrected chi connectivity index (χ0v) is 13.0. The van der Waals surface area contributed by atoms with Crippen LogP contribution in [0.15, 0.2) is 18.2 Å². The van der Waals surface area contributed by atoms with E-state index in [1.807, 2.05) is 0 Å². The van der Waals surface area contributed by atoms with E-state index in [1.165, 1.54) is 17.7 Å². The largest absolute Gasteiger partial charge is 0.378 e. The van der Waals surface area contributed by atoms with E-state index in [0.717, 1.165) is 24.9 Å². The van der Waals surface area contributed by atoms with Gasteiger partial charge in [0.05, 0.1) is 0 Å². The van der Waals surface area contributed by atoms with Gasteiger partial charge < -0.3 is 10.0 Å². The summed E-state index contributed by atoms with van der Waals surface area (Å²) in [5, 5.41) is 9.78. The molecule has 1 heterocycles. The number of rotatable bonds is 2. The number of hydrogen-bond donors (Lipinski definition) is 1. The third-order valence-electron chi connectivity index (χ3n) is 3.91. The maximum atomic E-state index is 9.78. The first-order chi connectivity index (χ1) is 9.42. The van der Waals surface area contributed by atoms with Gasteiger partial charge in [-0.3, -0.25) is 0 Å². The molecule has 0 amide bonds. The normalized spacial score (nSPS) is 16.1. The molecule has 1 N–H and O–H groups in total. The molecule has 0 bridgehead atoms. The van der Waals surface area contributed by atoms with Crippen molar-refractivity contribution in [3.05, 3.63) is 29.3 Å². The molecule has 108 valence electrons. The highest BCUT2D eigenvalue weighted by Gasteiger charge is 2.21. The second-order valence-corrected chi connectivity index (χ2v) is 6.17. The lowest BCUT2D eigenvalue weighted by molar-refractivity contribution is 0.143. The molecule has 1 aliphatic rings. The summed E-state index contributed by atoms with van der Waals surface area (Å²) in [6, 6.07) is 6.91. The molecule has 0 spiro atoms. The smallest absolute Gasteiger partial charge is 0.120 e. The highest BCUT2D eigenvalue weighted by Crippen LogP contribution is 2.31. The number of anilines is 1. The Morgan fingerprint density at radius 3 is 2.80 bits per heavy atom. The number of benzene rings is 1. The molecule has 0 radical (unpaired) electrons. The van der Waals surface area contributed by atoms with E-state index in [-0.39, 0.29) is 0 Å². The fraction of sp³-hybridized carbons (Fsp3) is 0.556. The summed E-state index contributed by atoms with van der Waals surface area (Å²) in [6.45, 7) is 9.09. The molecule has 1 aromatic carbocycles. The van der Waals surface area contributed by atoms with Crippen LogP contribution in [0.25, 0.3) is 0 Å². The molecule has 2 heteroatoms. The summed E-state index contributed by atoms with van der Waals surface area (Å²) in [5.74, 6) is 6.10. The molecule has 0 aromatic heterocycles. The van der Waals surface area contributed by atoms with Crippen LogP contribution in [0.1, 0.15) is 51.7 Å². The Hall–Kier alpha value is -1.46. The van der Waals surface area contributed by atoms with E-state index in [1.54, 1.807) is 13.8 Å². The monoisotopic (exact) mass is 271 g/mol. The third-order valence-corrected chi connectivity index (χ3v) is 3.91. The van der Waals surface area contributed by atoms with E-state index >= 15 is 0 Å². The van der Waals surface area contributed by atoms with Crippen molar-refractivity contribution in [1.29, 1.82) is 0 Å². The van der Waals surface area contributed by atoms with Crippen LogP contribution in [0.4, 0.5) is 5.69 Å². The zero-order chi connectivity index (χ0) is 14.8. The molecule has 1 unspecified atom stereocenters. The van der Waals surface area contributed by atoms with Crippen molar-refractivity contribution in [3.63, 3.8) is 0 Å². The molecular formula is C18H25NO. The molecule has 0 saturated heterocycles. The summed E-state index contributed by atoms with van der Waals surface area (Å²) in [6.07, 6.45) is 3.41. The highest BCUT2D eigenvalue weighted by molar-refractivity contribution is 5.62. The molecule has 1 aromatic rings. The van der Waals surface area contributed by atoms with Crippen LogP contribution in [-0.2, 0) is 6.42 Å². The summed E-state index contributed by atoms with van der Waals surface area (Å²) in [7, 11) is 0. The first-order valence-corrected chi connectivity index (χ1v) is 7.56. The van der Waals surface area contributed by atoms with Gasteiger partial charge in [0.1, 0.15) is 5.60 Å². The molecule has 0 fully saturated rings. The summed E-state index contributed by atoms with van der Waals surface area (Å²) in [4.78, 5) is 2.49. The van der Waals surface area contributed by atoms with Gasteiger partial charge in [-0.2, -0.15) is 0 Å². The van der Waals surface area contributed by atoms with E-state index in [9.17, 15) is 5.11 Å². The Balaban J connectivity index is 2.41. The topological polar surface area (TPSA) is 23.5 Å². The SMILES string of the molecule is CCC(C)N1CCCc2c(C#CC(C)(C)O)cccc21. The number of nitrogens with zero attached hydrogens (tertiary/aromatic N) is 1. The lowest BCUT2D eigenvalue weighted by Crippen LogP contribution is -2.37. The van der Waals surface area contributed by atoms with Crippen LogP contribution in [0, 0.1) is 11.8 Å². The second-order valence-electron chi connectivity index (χ2n) is 6.17. The Labute approximate surface area is 122 Å². The van der Waals surface area contributed by atoms with E-state index < -0.39 is 5.60 Å². The van der Waals surface area contributed by atoms with Crippen molar-refractivity contribution in [2.75, 3.05) is 11.4 Å². The summed E-state index contributed by atoms with van der Waals surface area (Å²) >= 11 is 0. The maximum absolute atomic E-state index is 9.78. The zero-order valence-electron chi connectivity index (χ0n) is 13.0. The number of fused-ring (bicyclic) bond motifs is 1. The molecular weight excluding hydrogens is 246 g/mol. The van der Waals surface area contributed by atoms with Crippen molar-refractivity contribution in [2.45, 2.75) is 58.6 Å². The standard InChI is InChI=1S/C18H25NO/c1-5-14(2)19-13-7-9-16-15(8-6-10-17(16)19)11-12-18(3,4)20/h6,8,10,14,20H,5,7,9,13H2,1-4H3. The summed E-state index contributed by atoms with van der Waals surface area (Å²) in [5.41, 5.74) is 2.80. The van der Waals surface area contributed by atoms with Crippen molar-refractivity contribution < 1.29 is 5.11 Å². The molecule has 2 nitrogen and oxygen atoms in total. The van der Waals surface area contributed by atoms with Crippen molar-refractivity contribution in [1.82, 2.24) is 0 Å². The first kappa shape index (κ1) is 14.9. The molecule has 0 saturated carbocycles. The van der Waals surface area contributed by atoms with Crippen LogP contribution in [0.2, 0.25) is 0 Å². The van der Waals surface area contributed by atoms with Gasteiger partial charge in [-0.15, -0.1) is 0 Å². The molecule has 0 aliphatic carbocycles. The van der Waals surface area contributed by atoms with Gasteiger partial charge in [-0.1, -0.05) is 24.8 Å². The highest BCUT2D eigenvalue weighted by atomic mass is 16.3. The maximum Gasteiger partial charge on any atom is 0.120 e. The molecule has 1 atom stereocenters. The minimum atomic E-state index is -0.937. The van der Waals surface area contributed by atoms with Gasteiger partial charge in [0.15, 0.2) is 0 Å². The van der Waals surface area contributed by atoms with Gasteiger partial charge in [-0.05, 0) is 57.7 Å². The van der Waals surface area contributed by atoms with Crippen molar-refractivity contribution >= 4 is 5.69 Å². The van der Waals surface area contributed by atoms with E-state index in [4.69, 9.17) is 0 Å². The Morgan fingerprint density at radius 2 is 2.15 bits per heavy atom. The number of hydrogen-bond acceptors (Lipinski definition) is 2. The van der Waals surface area contributed by atoms with Crippen LogP contribution < -0.4 is 4.90 Å². The average Bonchev–Trinajstić information content (AvgIpc) is 2.42. The van der Waals surface area contributed by atoms with Crippen molar-refractivity contribution in [2.24, 2.45) is 0 Å². The van der Waals surface area contributed by atoms with Crippen LogP contribution in [0.5, 0.6) is 0 Å². The second kappa shape index (κ2) is 5.89. The molecule has 1 aliphatic heterocycles. The van der Waals surface area contributed by atoms with Crippen LogP contribution in [0.3, 0.4) is 0 Å². The minimum absolute atomic E-state index is 0.562. The quantitative estimate of drug-likeness (QED) is 0.834. The summed E-state index contributed by atoms with van der Waals surface area (Å²) < 4.78 is 0. The fourth-order valence-corrected chi connectivity index (χ4v) is 2.67.